The molecule has 5 rings (SSSR count). The van der Waals surface area contributed by atoms with Crippen molar-refractivity contribution in [2.75, 3.05) is 12.0 Å². The van der Waals surface area contributed by atoms with Crippen LogP contribution in [0.5, 0.6) is 0 Å². The molecule has 0 unspecified atom stereocenters. The lowest BCUT2D eigenvalue weighted by atomic mass is 9.95. The highest BCUT2D eigenvalue weighted by atomic mass is 32.1. The molecular weight excluding hydrogens is 497 g/mol. The van der Waals surface area contributed by atoms with Gasteiger partial charge in [0.05, 0.1) is 18.4 Å². The van der Waals surface area contributed by atoms with Crippen LogP contribution in [0.15, 0.2) is 35.9 Å². The molecule has 0 atom stereocenters. The molecule has 37 heavy (non-hydrogen) atoms. The zero-order valence-electron chi connectivity index (χ0n) is 20.5. The fourth-order valence-electron chi connectivity index (χ4n) is 4.93. The molecule has 2 aliphatic rings. The van der Waals surface area contributed by atoms with Crippen molar-refractivity contribution in [2.24, 2.45) is 0 Å². The molecule has 3 heterocycles. The van der Waals surface area contributed by atoms with Crippen LogP contribution in [-0.2, 0) is 27.2 Å². The summed E-state index contributed by atoms with van der Waals surface area (Å²) in [5.41, 5.74) is 3.06. The van der Waals surface area contributed by atoms with Gasteiger partial charge in [-0.2, -0.15) is 0 Å². The Kier molecular flexibility index (Phi) is 6.28. The summed E-state index contributed by atoms with van der Waals surface area (Å²) in [7, 11) is 1.36. The average molecular weight is 522 g/mol. The molecule has 190 valence electrons. The van der Waals surface area contributed by atoms with Crippen molar-refractivity contribution in [1.82, 2.24) is 9.88 Å². The van der Waals surface area contributed by atoms with Crippen LogP contribution < -0.4 is 10.2 Å². The van der Waals surface area contributed by atoms with Crippen LogP contribution in [-0.4, -0.2) is 35.5 Å². The van der Waals surface area contributed by atoms with E-state index in [1.807, 2.05) is 18.4 Å². The minimum Gasteiger partial charge on any atom is -0.465 e. The van der Waals surface area contributed by atoms with E-state index >= 15 is 0 Å². The highest BCUT2D eigenvalue weighted by molar-refractivity contribution is 7.15. The number of benzene rings is 1. The minimum absolute atomic E-state index is 0.249. The maximum Gasteiger partial charge on any atom is 0.341 e. The summed E-state index contributed by atoms with van der Waals surface area (Å²) in [6.07, 6.45) is 5.16. The van der Waals surface area contributed by atoms with Crippen LogP contribution in [0, 0.1) is 19.7 Å². The number of barbiturate groups is 1. The van der Waals surface area contributed by atoms with Gasteiger partial charge < -0.3 is 9.30 Å². The number of amides is 4. The maximum absolute atomic E-state index is 14.4. The fourth-order valence-corrected chi connectivity index (χ4v) is 6.42. The number of thiophene rings is 1. The number of fused-ring (bicyclic) bond motifs is 1. The zero-order chi connectivity index (χ0) is 26.4. The Morgan fingerprint density at radius 3 is 2.59 bits per heavy atom. The van der Waals surface area contributed by atoms with Gasteiger partial charge in [0.1, 0.15) is 16.4 Å². The molecule has 10 heteroatoms. The average Bonchev–Trinajstić information content (AvgIpc) is 3.38. The number of urea groups is 1. The Bertz CT molecular complexity index is 1520. The van der Waals surface area contributed by atoms with Crippen LogP contribution in [0.3, 0.4) is 0 Å². The summed E-state index contributed by atoms with van der Waals surface area (Å²) in [5.74, 6) is -2.96. The van der Waals surface area contributed by atoms with E-state index in [0.717, 1.165) is 52.9 Å². The first-order valence-corrected chi connectivity index (χ1v) is 12.6. The number of para-hydroxylation sites is 1. The van der Waals surface area contributed by atoms with Crippen LogP contribution >= 0.6 is 11.3 Å². The number of nitrogens with zero attached hydrogens (tertiary/aromatic N) is 2. The lowest BCUT2D eigenvalue weighted by Crippen LogP contribution is -2.54. The van der Waals surface area contributed by atoms with Gasteiger partial charge in [0.2, 0.25) is 0 Å². The number of carbonyl (C=O) groups excluding carboxylic acids is 4. The second kappa shape index (κ2) is 9.44. The van der Waals surface area contributed by atoms with Crippen molar-refractivity contribution in [3.05, 3.63) is 74.7 Å². The molecule has 3 aromatic rings. The molecule has 0 saturated carbocycles. The van der Waals surface area contributed by atoms with Gasteiger partial charge in [-0.05, 0) is 74.9 Å². The van der Waals surface area contributed by atoms with E-state index < -0.39 is 29.6 Å². The number of nitrogens with one attached hydrogen (secondary N) is 1. The zero-order valence-corrected chi connectivity index (χ0v) is 21.3. The van der Waals surface area contributed by atoms with Crippen LogP contribution in [0.2, 0.25) is 0 Å². The van der Waals surface area contributed by atoms with Gasteiger partial charge in [0, 0.05) is 16.3 Å². The fraction of sp³-hybridized carbons (Fsp3) is 0.259. The first-order chi connectivity index (χ1) is 17.7. The number of hydrogen-bond acceptors (Lipinski definition) is 6. The third-order valence-electron chi connectivity index (χ3n) is 6.71. The number of aromatic nitrogens is 1. The molecular formula is C27H24FN3O5S. The van der Waals surface area contributed by atoms with E-state index in [0.29, 0.717) is 21.7 Å². The molecule has 1 fully saturated rings. The van der Waals surface area contributed by atoms with Crippen molar-refractivity contribution >= 4 is 46.9 Å². The summed E-state index contributed by atoms with van der Waals surface area (Å²) in [6.45, 7) is 3.69. The third kappa shape index (κ3) is 4.07. The van der Waals surface area contributed by atoms with E-state index in [1.54, 1.807) is 17.4 Å². The number of ether oxygens (including phenoxy) is 1. The smallest absolute Gasteiger partial charge is 0.341 e. The second-order valence-electron chi connectivity index (χ2n) is 8.95. The summed E-state index contributed by atoms with van der Waals surface area (Å²) < 4.78 is 21.4. The molecule has 8 nitrogen and oxygen atoms in total. The highest BCUT2D eigenvalue weighted by Gasteiger charge is 2.38. The normalized spacial score (nSPS) is 16.7. The van der Waals surface area contributed by atoms with E-state index in [2.05, 4.69) is 5.32 Å². The van der Waals surface area contributed by atoms with Gasteiger partial charge in [-0.3, -0.25) is 14.9 Å². The Labute approximate surface area is 216 Å². The predicted octanol–water partition coefficient (Wildman–Crippen LogP) is 4.63. The number of methoxy groups -OCH3 is 1. The lowest BCUT2D eigenvalue weighted by molar-refractivity contribution is -0.122. The topological polar surface area (TPSA) is 97.7 Å². The molecule has 2 aromatic heterocycles. The van der Waals surface area contributed by atoms with Crippen LogP contribution in [0.1, 0.15) is 50.6 Å². The summed E-state index contributed by atoms with van der Waals surface area (Å²) in [5, 5.41) is 2.86. The Hall–Kier alpha value is -4.05. The predicted molar refractivity (Wildman–Crippen MR) is 137 cm³/mol. The Balaban J connectivity index is 1.60. The maximum atomic E-state index is 14.4. The number of aryl methyl sites for hydroxylation is 2. The number of halogens is 1. The van der Waals surface area contributed by atoms with Gasteiger partial charge in [0.15, 0.2) is 0 Å². The van der Waals surface area contributed by atoms with E-state index in [1.165, 1.54) is 31.4 Å². The highest BCUT2D eigenvalue weighted by Crippen LogP contribution is 2.39. The molecule has 1 saturated heterocycles. The van der Waals surface area contributed by atoms with Crippen molar-refractivity contribution in [3.63, 3.8) is 0 Å². The Morgan fingerprint density at radius 1 is 1.14 bits per heavy atom. The Morgan fingerprint density at radius 2 is 1.86 bits per heavy atom. The van der Waals surface area contributed by atoms with E-state index in [-0.39, 0.29) is 11.3 Å². The van der Waals surface area contributed by atoms with Gasteiger partial charge in [-0.15, -0.1) is 11.3 Å². The van der Waals surface area contributed by atoms with Crippen molar-refractivity contribution < 1.29 is 28.3 Å². The molecule has 1 N–H and O–H groups in total. The molecule has 1 aliphatic heterocycles. The second-order valence-corrected chi connectivity index (χ2v) is 10.0. The summed E-state index contributed by atoms with van der Waals surface area (Å²) in [6, 6.07) is 6.13. The summed E-state index contributed by atoms with van der Waals surface area (Å²) >= 11 is 1.55. The summed E-state index contributed by atoms with van der Waals surface area (Å²) in [4.78, 5) is 52.9. The minimum atomic E-state index is -1.02. The van der Waals surface area contributed by atoms with Gasteiger partial charge >= 0.3 is 12.0 Å². The third-order valence-corrected chi connectivity index (χ3v) is 7.99. The first-order valence-electron chi connectivity index (χ1n) is 11.8. The molecule has 0 radical (unpaired) electrons. The largest absolute Gasteiger partial charge is 0.465 e. The number of rotatable bonds is 4. The molecule has 1 aliphatic carbocycles. The van der Waals surface area contributed by atoms with Crippen LogP contribution in [0.25, 0.3) is 11.1 Å². The molecule has 1 aromatic carbocycles. The van der Waals surface area contributed by atoms with Gasteiger partial charge in [-0.25, -0.2) is 18.9 Å². The monoisotopic (exact) mass is 521 g/mol. The number of hydrogen-bond donors (Lipinski definition) is 1. The lowest BCUT2D eigenvalue weighted by Gasteiger charge is -2.26. The van der Waals surface area contributed by atoms with E-state index in [9.17, 15) is 23.6 Å². The van der Waals surface area contributed by atoms with E-state index in [4.69, 9.17) is 4.74 Å². The van der Waals surface area contributed by atoms with Crippen molar-refractivity contribution in [3.8, 4) is 5.00 Å². The van der Waals surface area contributed by atoms with Gasteiger partial charge in [-0.1, -0.05) is 12.1 Å². The molecule has 0 bridgehead atoms. The van der Waals surface area contributed by atoms with Crippen molar-refractivity contribution in [2.45, 2.75) is 39.5 Å². The SMILES string of the molecule is COC(=O)c1c(-n2c(C)cc(/C=C3\C(=O)NC(=O)N(c4ccccc4F)C3=O)c2C)sc2c1CCCC2. The van der Waals surface area contributed by atoms with Gasteiger partial charge in [0.25, 0.3) is 11.8 Å². The quantitative estimate of drug-likeness (QED) is 0.307. The van der Waals surface area contributed by atoms with Crippen LogP contribution in [0.4, 0.5) is 14.9 Å². The number of imide groups is 2. The van der Waals surface area contributed by atoms with Crippen molar-refractivity contribution in [1.29, 1.82) is 0 Å². The standard InChI is InChI=1S/C27H24FN3O5S/c1-14-12-16(13-18-23(32)29-27(35)31(24(18)33)20-10-6-5-9-19(20)28)15(2)30(14)25-22(26(34)36-3)17-8-4-7-11-21(17)37-25/h5-6,9-10,12-13H,4,7-8,11H2,1-3H3,(H,29,32,35)/b18-13+. The number of carbonyl (C=O) groups is 4. The molecule has 4 amide bonds. The number of anilines is 1. The number of esters is 1. The molecule has 0 spiro atoms. The first kappa shape index (κ1) is 24.6.